The van der Waals surface area contributed by atoms with Gasteiger partial charge in [-0.1, -0.05) is 0 Å². The van der Waals surface area contributed by atoms with Gasteiger partial charge in [0, 0.05) is 18.8 Å². The third-order valence-corrected chi connectivity index (χ3v) is 4.29. The molecule has 2 aliphatic heterocycles. The van der Waals surface area contributed by atoms with E-state index in [0.717, 1.165) is 30.8 Å². The van der Waals surface area contributed by atoms with Gasteiger partial charge in [0.1, 0.15) is 0 Å². The molecule has 1 aromatic rings. The lowest BCUT2D eigenvalue weighted by atomic mass is 10.1. The minimum atomic E-state index is 0. The minimum absolute atomic E-state index is 0. The lowest BCUT2D eigenvalue weighted by Gasteiger charge is -2.34. The fourth-order valence-electron chi connectivity index (χ4n) is 3.20. The predicted molar refractivity (Wildman–Crippen MR) is 93.5 cm³/mol. The van der Waals surface area contributed by atoms with Crippen LogP contribution in [0.1, 0.15) is 24.2 Å². The highest BCUT2D eigenvalue weighted by molar-refractivity contribution is 5.85. The van der Waals surface area contributed by atoms with Crippen LogP contribution in [0.15, 0.2) is 6.07 Å². The van der Waals surface area contributed by atoms with E-state index in [2.05, 4.69) is 16.5 Å². The average Bonchev–Trinajstić information content (AvgIpc) is 3.09. The Morgan fingerprint density at radius 1 is 1.43 bits per heavy atom. The molecule has 0 aliphatic carbocycles. The zero-order valence-corrected chi connectivity index (χ0v) is 15.3. The van der Waals surface area contributed by atoms with Crippen molar-refractivity contribution < 1.29 is 9.53 Å². The van der Waals surface area contributed by atoms with Gasteiger partial charge in [-0.15, -0.1) is 24.8 Å². The average molecular weight is 365 g/mol. The summed E-state index contributed by atoms with van der Waals surface area (Å²) in [7, 11) is 0. The van der Waals surface area contributed by atoms with Gasteiger partial charge in [0.15, 0.2) is 0 Å². The summed E-state index contributed by atoms with van der Waals surface area (Å²) in [5.41, 5.74) is 2.16. The van der Waals surface area contributed by atoms with Crippen molar-refractivity contribution in [3.8, 4) is 0 Å². The highest BCUT2D eigenvalue weighted by Gasteiger charge is 2.31. The number of halogens is 2. The van der Waals surface area contributed by atoms with E-state index in [1.54, 1.807) is 0 Å². The Bertz CT molecular complexity index is 518. The summed E-state index contributed by atoms with van der Waals surface area (Å²) in [5.74, 6) is 0.231. The Hall–Kier alpha value is -0.820. The number of aryl methyl sites for hydroxylation is 2. The molecule has 6 nitrogen and oxygen atoms in total. The second-order valence-corrected chi connectivity index (χ2v) is 6.04. The van der Waals surface area contributed by atoms with Gasteiger partial charge in [0.05, 0.1) is 31.0 Å². The fraction of sp³-hybridized carbons (Fsp3) is 0.733. The number of carbonyl (C=O) groups excluding carboxylic acids is 1. The second kappa shape index (κ2) is 8.87. The van der Waals surface area contributed by atoms with E-state index < -0.39 is 0 Å². The van der Waals surface area contributed by atoms with Crippen LogP contribution in [-0.4, -0.2) is 59.0 Å². The van der Waals surface area contributed by atoms with Crippen LogP contribution in [0.3, 0.4) is 0 Å². The SMILES string of the molecule is Cc1cc(C)n(CC2CN(C(=O)C3CCCN3)CCO2)n1.Cl.Cl. The Kier molecular flexibility index (Phi) is 7.80. The number of nitrogens with zero attached hydrogens (tertiary/aromatic N) is 3. The molecule has 0 saturated carbocycles. The third kappa shape index (κ3) is 4.83. The van der Waals surface area contributed by atoms with Crippen molar-refractivity contribution in [3.05, 3.63) is 17.5 Å². The molecule has 0 spiro atoms. The molecule has 2 aliphatic rings. The number of hydrogen-bond donors (Lipinski definition) is 1. The maximum atomic E-state index is 12.5. The first-order chi connectivity index (χ1) is 10.1. The first-order valence-corrected chi connectivity index (χ1v) is 7.78. The molecule has 0 bridgehead atoms. The summed E-state index contributed by atoms with van der Waals surface area (Å²) in [6.45, 7) is 7.68. The lowest BCUT2D eigenvalue weighted by molar-refractivity contribution is -0.141. The highest BCUT2D eigenvalue weighted by Crippen LogP contribution is 2.14. The molecule has 132 valence electrons. The van der Waals surface area contributed by atoms with Crippen molar-refractivity contribution in [2.24, 2.45) is 0 Å². The quantitative estimate of drug-likeness (QED) is 0.878. The van der Waals surface area contributed by atoms with Crippen molar-refractivity contribution in [2.75, 3.05) is 26.2 Å². The molecule has 3 rings (SSSR count). The van der Waals surface area contributed by atoms with Crippen molar-refractivity contribution in [3.63, 3.8) is 0 Å². The summed E-state index contributed by atoms with van der Waals surface area (Å²) in [6, 6.07) is 2.08. The summed E-state index contributed by atoms with van der Waals surface area (Å²) in [5, 5.41) is 7.75. The first-order valence-electron chi connectivity index (χ1n) is 7.78. The zero-order valence-electron chi connectivity index (χ0n) is 13.7. The van der Waals surface area contributed by atoms with Crippen LogP contribution in [0.25, 0.3) is 0 Å². The standard InChI is InChI=1S/C15H24N4O2.2ClH/c1-11-8-12(2)19(17-11)10-13-9-18(6-7-21-13)15(20)14-4-3-5-16-14;;/h8,13-14,16H,3-7,9-10H2,1-2H3;2*1H. The Labute approximate surface area is 149 Å². The summed E-state index contributed by atoms with van der Waals surface area (Å²) >= 11 is 0. The molecule has 0 radical (unpaired) electrons. The Morgan fingerprint density at radius 2 is 2.22 bits per heavy atom. The van der Waals surface area contributed by atoms with Crippen molar-refractivity contribution in [2.45, 2.75) is 45.4 Å². The van der Waals surface area contributed by atoms with Gasteiger partial charge in [-0.05, 0) is 39.3 Å². The third-order valence-electron chi connectivity index (χ3n) is 4.29. The molecule has 1 aromatic heterocycles. The maximum absolute atomic E-state index is 12.5. The molecule has 1 amide bonds. The number of amides is 1. The van der Waals surface area contributed by atoms with Crippen LogP contribution < -0.4 is 5.32 Å². The topological polar surface area (TPSA) is 59.4 Å². The molecular weight excluding hydrogens is 339 g/mol. The smallest absolute Gasteiger partial charge is 0.239 e. The monoisotopic (exact) mass is 364 g/mol. The van der Waals surface area contributed by atoms with Gasteiger partial charge in [-0.2, -0.15) is 5.10 Å². The molecule has 2 atom stereocenters. The number of morpholine rings is 1. The van der Waals surface area contributed by atoms with Crippen LogP contribution in [0.5, 0.6) is 0 Å². The van der Waals surface area contributed by atoms with E-state index in [0.29, 0.717) is 26.2 Å². The lowest BCUT2D eigenvalue weighted by Crippen LogP contribution is -2.52. The number of nitrogens with one attached hydrogen (secondary N) is 1. The van der Waals surface area contributed by atoms with Crippen molar-refractivity contribution in [1.82, 2.24) is 20.0 Å². The predicted octanol–water partition coefficient (Wildman–Crippen LogP) is 1.32. The minimum Gasteiger partial charge on any atom is -0.373 e. The molecule has 2 unspecified atom stereocenters. The van der Waals surface area contributed by atoms with Crippen LogP contribution in [0.4, 0.5) is 0 Å². The van der Waals surface area contributed by atoms with Crippen LogP contribution in [-0.2, 0) is 16.1 Å². The van der Waals surface area contributed by atoms with Gasteiger partial charge >= 0.3 is 0 Å². The van der Waals surface area contributed by atoms with Gasteiger partial charge in [0.2, 0.25) is 5.91 Å². The largest absolute Gasteiger partial charge is 0.373 e. The molecule has 23 heavy (non-hydrogen) atoms. The van der Waals surface area contributed by atoms with E-state index in [9.17, 15) is 4.79 Å². The molecular formula is C15H26Cl2N4O2. The Balaban J connectivity index is 0.00000132. The highest BCUT2D eigenvalue weighted by atomic mass is 35.5. The van der Waals surface area contributed by atoms with Crippen LogP contribution in [0.2, 0.25) is 0 Å². The fourth-order valence-corrected chi connectivity index (χ4v) is 3.20. The summed E-state index contributed by atoms with van der Waals surface area (Å²) in [4.78, 5) is 14.4. The molecule has 2 saturated heterocycles. The van der Waals surface area contributed by atoms with Crippen molar-refractivity contribution >= 4 is 30.7 Å². The van der Waals surface area contributed by atoms with E-state index in [1.807, 2.05) is 23.4 Å². The normalized spacial score (nSPS) is 24.0. The molecule has 2 fully saturated rings. The first kappa shape index (κ1) is 20.2. The summed E-state index contributed by atoms with van der Waals surface area (Å²) in [6.07, 6.45) is 2.08. The Morgan fingerprint density at radius 3 is 2.83 bits per heavy atom. The number of hydrogen-bond acceptors (Lipinski definition) is 4. The number of ether oxygens (including phenoxy) is 1. The second-order valence-electron chi connectivity index (χ2n) is 6.04. The van der Waals surface area contributed by atoms with Crippen LogP contribution >= 0.6 is 24.8 Å². The summed E-state index contributed by atoms with van der Waals surface area (Å²) < 4.78 is 7.79. The van der Waals surface area contributed by atoms with Gasteiger partial charge in [-0.25, -0.2) is 0 Å². The molecule has 8 heteroatoms. The molecule has 3 heterocycles. The number of rotatable bonds is 3. The van der Waals surface area contributed by atoms with E-state index in [4.69, 9.17) is 4.74 Å². The van der Waals surface area contributed by atoms with Gasteiger partial charge in [0.25, 0.3) is 0 Å². The number of carbonyl (C=O) groups is 1. The maximum Gasteiger partial charge on any atom is 0.239 e. The van der Waals surface area contributed by atoms with E-state index >= 15 is 0 Å². The number of aromatic nitrogens is 2. The van der Waals surface area contributed by atoms with Crippen molar-refractivity contribution in [1.29, 1.82) is 0 Å². The molecule has 0 aromatic carbocycles. The van der Waals surface area contributed by atoms with Crippen LogP contribution in [0, 0.1) is 13.8 Å². The van der Waals surface area contributed by atoms with E-state index in [-0.39, 0.29) is 42.9 Å². The van der Waals surface area contributed by atoms with Gasteiger partial charge < -0.3 is 15.0 Å². The van der Waals surface area contributed by atoms with E-state index in [1.165, 1.54) is 0 Å². The molecule has 1 N–H and O–H groups in total. The zero-order chi connectivity index (χ0) is 14.8. The van der Waals surface area contributed by atoms with Gasteiger partial charge in [-0.3, -0.25) is 9.48 Å².